The number of hydrogen-bond donors (Lipinski definition) is 1. The molecule has 0 aliphatic rings. The van der Waals surface area contributed by atoms with Gasteiger partial charge in [0, 0.05) is 11.8 Å². The highest BCUT2D eigenvalue weighted by atomic mass is 32.1. The van der Waals surface area contributed by atoms with Crippen molar-refractivity contribution < 1.29 is 9.31 Å². The van der Waals surface area contributed by atoms with E-state index in [0.717, 1.165) is 0 Å². The summed E-state index contributed by atoms with van der Waals surface area (Å²) in [6.45, 7) is 0. The quantitative estimate of drug-likeness (QED) is 0.657. The van der Waals surface area contributed by atoms with Crippen LogP contribution in [0.2, 0.25) is 0 Å². The van der Waals surface area contributed by atoms with E-state index in [1.807, 2.05) is 0 Å². The van der Waals surface area contributed by atoms with Gasteiger partial charge < -0.3 is 5.32 Å². The first-order valence-electron chi connectivity index (χ1n) is 4.41. The van der Waals surface area contributed by atoms with Gasteiger partial charge in [-0.25, -0.2) is 4.39 Å². The Kier molecular flexibility index (Phi) is 2.82. The van der Waals surface area contributed by atoms with Gasteiger partial charge in [-0.3, -0.25) is 10.1 Å². The maximum absolute atomic E-state index is 12.9. The lowest BCUT2D eigenvalue weighted by Gasteiger charge is -2.02. The molecule has 1 aromatic carbocycles. The van der Waals surface area contributed by atoms with Crippen molar-refractivity contribution in [1.29, 1.82) is 0 Å². The van der Waals surface area contributed by atoms with Gasteiger partial charge in [0.15, 0.2) is 5.00 Å². The third-order valence-electron chi connectivity index (χ3n) is 1.92. The van der Waals surface area contributed by atoms with Crippen LogP contribution in [0.4, 0.5) is 20.8 Å². The molecule has 0 fully saturated rings. The molecular formula is C10H7FN2O2S. The van der Waals surface area contributed by atoms with Crippen molar-refractivity contribution in [3.63, 3.8) is 0 Å². The van der Waals surface area contributed by atoms with Crippen molar-refractivity contribution in [3.05, 3.63) is 51.6 Å². The predicted molar refractivity (Wildman–Crippen MR) is 60.7 cm³/mol. The molecule has 0 aliphatic carbocycles. The molecule has 0 spiro atoms. The Morgan fingerprint density at radius 3 is 2.88 bits per heavy atom. The SMILES string of the molecule is O=[N+]([O-])c1ccsc1Nc1cccc(F)c1. The number of thiophene rings is 1. The Balaban J connectivity index is 2.27. The van der Waals surface area contributed by atoms with E-state index in [-0.39, 0.29) is 11.5 Å². The molecule has 0 bridgehead atoms. The molecule has 0 unspecified atom stereocenters. The number of rotatable bonds is 3. The van der Waals surface area contributed by atoms with Crippen LogP contribution in [-0.4, -0.2) is 4.92 Å². The normalized spacial score (nSPS) is 10.1. The van der Waals surface area contributed by atoms with E-state index in [0.29, 0.717) is 10.7 Å². The third kappa shape index (κ3) is 2.17. The first-order valence-corrected chi connectivity index (χ1v) is 5.29. The Hall–Kier alpha value is -1.95. The molecule has 2 rings (SSSR count). The second kappa shape index (κ2) is 4.28. The van der Waals surface area contributed by atoms with Gasteiger partial charge in [0.2, 0.25) is 0 Å². The summed E-state index contributed by atoms with van der Waals surface area (Å²) in [7, 11) is 0. The molecule has 16 heavy (non-hydrogen) atoms. The number of nitrogens with zero attached hydrogens (tertiary/aromatic N) is 1. The van der Waals surface area contributed by atoms with Crippen LogP contribution in [0, 0.1) is 15.9 Å². The molecule has 2 aromatic rings. The zero-order valence-corrected chi connectivity index (χ0v) is 8.83. The topological polar surface area (TPSA) is 55.2 Å². The van der Waals surface area contributed by atoms with Gasteiger partial charge in [0.25, 0.3) is 0 Å². The number of benzene rings is 1. The number of halogens is 1. The molecule has 0 atom stereocenters. The molecule has 0 amide bonds. The Morgan fingerprint density at radius 2 is 2.19 bits per heavy atom. The fraction of sp³-hybridized carbons (Fsp3) is 0. The highest BCUT2D eigenvalue weighted by Crippen LogP contribution is 2.33. The van der Waals surface area contributed by atoms with E-state index >= 15 is 0 Å². The lowest BCUT2D eigenvalue weighted by molar-refractivity contribution is -0.383. The van der Waals surface area contributed by atoms with Gasteiger partial charge in [-0.1, -0.05) is 6.07 Å². The van der Waals surface area contributed by atoms with Crippen molar-refractivity contribution in [2.45, 2.75) is 0 Å². The molecule has 0 aliphatic heterocycles. The van der Waals surface area contributed by atoms with Crippen LogP contribution < -0.4 is 5.32 Å². The lowest BCUT2D eigenvalue weighted by atomic mass is 10.3. The number of nitro groups is 1. The van der Waals surface area contributed by atoms with E-state index in [4.69, 9.17) is 0 Å². The highest BCUT2D eigenvalue weighted by Gasteiger charge is 2.14. The summed E-state index contributed by atoms with van der Waals surface area (Å²) < 4.78 is 12.9. The molecule has 4 nitrogen and oxygen atoms in total. The minimum absolute atomic E-state index is 0.00531. The van der Waals surface area contributed by atoms with E-state index in [1.165, 1.54) is 35.6 Å². The molecule has 0 saturated carbocycles. The summed E-state index contributed by atoms with van der Waals surface area (Å²) in [5.41, 5.74) is 0.486. The summed E-state index contributed by atoms with van der Waals surface area (Å²) in [6, 6.07) is 7.19. The smallest absolute Gasteiger partial charge is 0.303 e. The molecule has 6 heteroatoms. The molecule has 1 N–H and O–H groups in total. The molecular weight excluding hydrogens is 231 g/mol. The Morgan fingerprint density at radius 1 is 1.38 bits per heavy atom. The molecule has 0 radical (unpaired) electrons. The molecule has 82 valence electrons. The first kappa shape index (κ1) is 10.6. The van der Waals surface area contributed by atoms with E-state index in [9.17, 15) is 14.5 Å². The van der Waals surface area contributed by atoms with Crippen molar-refractivity contribution in [3.8, 4) is 0 Å². The van der Waals surface area contributed by atoms with Crippen LogP contribution in [0.15, 0.2) is 35.7 Å². The minimum Gasteiger partial charge on any atom is -0.341 e. The third-order valence-corrected chi connectivity index (χ3v) is 2.74. The minimum atomic E-state index is -0.474. The maximum Gasteiger partial charge on any atom is 0.303 e. The van der Waals surface area contributed by atoms with Gasteiger partial charge in [-0.05, 0) is 23.6 Å². The van der Waals surface area contributed by atoms with Crippen LogP contribution >= 0.6 is 11.3 Å². The lowest BCUT2D eigenvalue weighted by Crippen LogP contribution is -1.93. The molecule has 1 heterocycles. The average molecular weight is 238 g/mol. The second-order valence-electron chi connectivity index (χ2n) is 3.03. The van der Waals surface area contributed by atoms with Crippen molar-refractivity contribution >= 4 is 27.7 Å². The number of hydrogen-bond acceptors (Lipinski definition) is 4. The predicted octanol–water partition coefficient (Wildman–Crippen LogP) is 3.54. The standard InChI is InChI=1S/C10H7FN2O2S/c11-7-2-1-3-8(6-7)12-10-9(13(14)15)4-5-16-10/h1-6,12H. The molecule has 1 aromatic heterocycles. The summed E-state index contributed by atoms with van der Waals surface area (Å²) in [5, 5.41) is 15.5. The van der Waals surface area contributed by atoms with Crippen LogP contribution in [0.3, 0.4) is 0 Å². The van der Waals surface area contributed by atoms with Crippen molar-refractivity contribution in [2.24, 2.45) is 0 Å². The largest absolute Gasteiger partial charge is 0.341 e. The zero-order valence-electron chi connectivity index (χ0n) is 8.01. The summed E-state index contributed by atoms with van der Waals surface area (Å²) in [4.78, 5) is 10.2. The Labute approximate surface area is 94.5 Å². The van der Waals surface area contributed by atoms with Gasteiger partial charge in [-0.15, -0.1) is 11.3 Å². The average Bonchev–Trinajstić information content (AvgIpc) is 2.66. The number of anilines is 2. The van der Waals surface area contributed by atoms with Gasteiger partial charge in [0.05, 0.1) is 4.92 Å². The van der Waals surface area contributed by atoms with Crippen LogP contribution in [0.5, 0.6) is 0 Å². The van der Waals surface area contributed by atoms with Crippen LogP contribution in [0.1, 0.15) is 0 Å². The van der Waals surface area contributed by atoms with Gasteiger partial charge in [-0.2, -0.15) is 0 Å². The van der Waals surface area contributed by atoms with E-state index in [2.05, 4.69) is 5.32 Å². The fourth-order valence-electron chi connectivity index (χ4n) is 1.24. The van der Waals surface area contributed by atoms with Gasteiger partial charge >= 0.3 is 5.69 Å². The summed E-state index contributed by atoms with van der Waals surface area (Å²) in [5.74, 6) is -0.385. The molecule has 0 saturated heterocycles. The Bertz CT molecular complexity index is 527. The van der Waals surface area contributed by atoms with Crippen molar-refractivity contribution in [2.75, 3.05) is 5.32 Å². The fourth-order valence-corrected chi connectivity index (χ4v) is 2.01. The van der Waals surface area contributed by atoms with Gasteiger partial charge in [0.1, 0.15) is 5.82 Å². The first-order chi connectivity index (χ1) is 7.66. The highest BCUT2D eigenvalue weighted by molar-refractivity contribution is 7.14. The zero-order chi connectivity index (χ0) is 11.5. The van der Waals surface area contributed by atoms with Crippen LogP contribution in [-0.2, 0) is 0 Å². The maximum atomic E-state index is 12.9. The van der Waals surface area contributed by atoms with Crippen molar-refractivity contribution in [1.82, 2.24) is 0 Å². The van der Waals surface area contributed by atoms with E-state index in [1.54, 1.807) is 11.4 Å². The number of nitrogens with one attached hydrogen (secondary N) is 1. The second-order valence-corrected chi connectivity index (χ2v) is 3.94. The van der Waals surface area contributed by atoms with Crippen LogP contribution in [0.25, 0.3) is 0 Å². The van der Waals surface area contributed by atoms with E-state index < -0.39 is 4.92 Å². The summed E-state index contributed by atoms with van der Waals surface area (Å²) in [6.07, 6.45) is 0. The monoisotopic (exact) mass is 238 g/mol. The summed E-state index contributed by atoms with van der Waals surface area (Å²) >= 11 is 1.20.